The van der Waals surface area contributed by atoms with Gasteiger partial charge in [-0.05, 0) is 31.5 Å². The average Bonchev–Trinajstić information content (AvgIpc) is 3.61. The second kappa shape index (κ2) is 23.4. The normalized spacial score (nSPS) is 12.3. The lowest BCUT2D eigenvalue weighted by atomic mass is 9.99. The SMILES string of the molecule is CC(=O)NCCOCCOCCOCCOCCOCCOCCOCCNC(=O)c1sc2c(c1C)C(c1ccc(Cl)cc1)=NCc1nnc(C)n1-2. The monoisotopic (exact) mass is 764 g/mol. The van der Waals surface area contributed by atoms with Crippen molar-refractivity contribution >= 4 is 40.5 Å². The van der Waals surface area contributed by atoms with Gasteiger partial charge in [0.2, 0.25) is 5.91 Å². The Hall–Kier alpha value is -3.32. The van der Waals surface area contributed by atoms with E-state index in [4.69, 9.17) is 49.8 Å². The number of halogens is 1. The zero-order valence-electron chi connectivity index (χ0n) is 30.1. The van der Waals surface area contributed by atoms with E-state index in [0.29, 0.717) is 122 Å². The molecule has 15 nitrogen and oxygen atoms in total. The van der Waals surface area contributed by atoms with Crippen LogP contribution in [0.2, 0.25) is 5.02 Å². The molecule has 0 spiro atoms. The molecule has 4 rings (SSSR count). The van der Waals surface area contributed by atoms with Gasteiger partial charge in [-0.25, -0.2) is 0 Å². The van der Waals surface area contributed by atoms with E-state index in [-0.39, 0.29) is 11.8 Å². The van der Waals surface area contributed by atoms with Gasteiger partial charge in [0.15, 0.2) is 5.82 Å². The van der Waals surface area contributed by atoms with Crippen LogP contribution in [0.5, 0.6) is 0 Å². The first-order valence-corrected chi connectivity index (χ1v) is 18.5. The van der Waals surface area contributed by atoms with E-state index in [1.165, 1.54) is 18.3 Å². The fourth-order valence-corrected chi connectivity index (χ4v) is 6.45. The summed E-state index contributed by atoms with van der Waals surface area (Å²) >= 11 is 7.55. The molecule has 0 atom stereocenters. The largest absolute Gasteiger partial charge is 0.377 e. The highest BCUT2D eigenvalue weighted by molar-refractivity contribution is 7.17. The molecule has 0 saturated heterocycles. The molecule has 1 aromatic carbocycles. The molecule has 1 aliphatic heterocycles. The van der Waals surface area contributed by atoms with E-state index in [2.05, 4.69) is 20.8 Å². The number of benzene rings is 1. The van der Waals surface area contributed by atoms with E-state index in [9.17, 15) is 9.59 Å². The van der Waals surface area contributed by atoms with Crippen molar-refractivity contribution in [3.63, 3.8) is 0 Å². The molecular weight excluding hydrogens is 716 g/mol. The summed E-state index contributed by atoms with van der Waals surface area (Å²) in [5.41, 5.74) is 3.45. The predicted molar refractivity (Wildman–Crippen MR) is 196 cm³/mol. The molecule has 286 valence electrons. The Kier molecular flexibility index (Phi) is 18.6. The quantitative estimate of drug-likeness (QED) is 0.116. The molecule has 2 amide bonds. The Bertz CT molecular complexity index is 1570. The Morgan fingerprint density at radius 3 is 1.71 bits per heavy atom. The maximum Gasteiger partial charge on any atom is 0.261 e. The fraction of sp³-hybridized carbons (Fsp3) is 0.571. The Morgan fingerprint density at radius 1 is 0.731 bits per heavy atom. The van der Waals surface area contributed by atoms with Gasteiger partial charge in [0.25, 0.3) is 5.91 Å². The summed E-state index contributed by atoms with van der Waals surface area (Å²) in [6.07, 6.45) is 0. The summed E-state index contributed by atoms with van der Waals surface area (Å²) in [4.78, 5) is 29.5. The molecule has 2 N–H and O–H groups in total. The Balaban J connectivity index is 1.000. The van der Waals surface area contributed by atoms with Crippen LogP contribution in [0.3, 0.4) is 0 Å². The number of aryl methyl sites for hydroxylation is 1. The van der Waals surface area contributed by atoms with Gasteiger partial charge in [0, 0.05) is 36.2 Å². The van der Waals surface area contributed by atoms with Crippen molar-refractivity contribution in [1.29, 1.82) is 0 Å². The van der Waals surface area contributed by atoms with Gasteiger partial charge in [-0.1, -0.05) is 23.7 Å². The highest BCUT2D eigenvalue weighted by atomic mass is 35.5. The average molecular weight is 765 g/mol. The van der Waals surface area contributed by atoms with Crippen LogP contribution < -0.4 is 10.6 Å². The Labute approximate surface area is 313 Å². The van der Waals surface area contributed by atoms with E-state index in [1.807, 2.05) is 42.7 Å². The highest BCUT2D eigenvalue weighted by Crippen LogP contribution is 2.36. The number of ether oxygens (including phenoxy) is 7. The Morgan fingerprint density at radius 2 is 1.21 bits per heavy atom. The first kappa shape index (κ1) is 41.4. The number of nitrogens with one attached hydrogen (secondary N) is 2. The number of amides is 2. The molecule has 0 aliphatic carbocycles. The summed E-state index contributed by atoms with van der Waals surface area (Å²) < 4.78 is 40.4. The number of carbonyl (C=O) groups is 2. The summed E-state index contributed by atoms with van der Waals surface area (Å²) in [7, 11) is 0. The lowest BCUT2D eigenvalue weighted by Crippen LogP contribution is -2.27. The van der Waals surface area contributed by atoms with Crippen LogP contribution in [0.15, 0.2) is 29.3 Å². The van der Waals surface area contributed by atoms with Crippen LogP contribution in [-0.4, -0.2) is 138 Å². The van der Waals surface area contributed by atoms with Crippen LogP contribution >= 0.6 is 22.9 Å². The molecule has 1 aliphatic rings. The van der Waals surface area contributed by atoms with Gasteiger partial charge in [-0.15, -0.1) is 21.5 Å². The number of aromatic nitrogens is 3. The fourth-order valence-electron chi connectivity index (χ4n) is 5.03. The van der Waals surface area contributed by atoms with Gasteiger partial charge in [0.05, 0.1) is 103 Å². The number of hydrogen-bond donors (Lipinski definition) is 2. The van der Waals surface area contributed by atoms with Crippen molar-refractivity contribution in [2.24, 2.45) is 4.99 Å². The van der Waals surface area contributed by atoms with Gasteiger partial charge in [-0.2, -0.15) is 0 Å². The van der Waals surface area contributed by atoms with Crippen LogP contribution in [0.25, 0.3) is 5.00 Å². The maximum absolute atomic E-state index is 13.3. The molecule has 0 bridgehead atoms. The minimum absolute atomic E-state index is 0.0687. The lowest BCUT2D eigenvalue weighted by Gasteiger charge is -2.09. The number of hydrogen-bond acceptors (Lipinski definition) is 13. The first-order chi connectivity index (χ1) is 25.4. The van der Waals surface area contributed by atoms with Crippen LogP contribution in [0, 0.1) is 13.8 Å². The molecular formula is C35H49ClN6O9S. The number of fused-ring (bicyclic) bond motifs is 3. The minimum atomic E-state index is -0.174. The molecule has 52 heavy (non-hydrogen) atoms. The van der Waals surface area contributed by atoms with Crippen molar-refractivity contribution < 1.29 is 42.7 Å². The van der Waals surface area contributed by atoms with Crippen molar-refractivity contribution in [3.05, 3.63) is 62.5 Å². The summed E-state index contributed by atoms with van der Waals surface area (Å²) in [6.45, 7) is 12.9. The summed E-state index contributed by atoms with van der Waals surface area (Å²) in [5, 5.41) is 15.7. The van der Waals surface area contributed by atoms with Gasteiger partial charge < -0.3 is 43.8 Å². The third-order valence-corrected chi connectivity index (χ3v) is 9.07. The van der Waals surface area contributed by atoms with Crippen molar-refractivity contribution in [3.8, 4) is 5.00 Å². The van der Waals surface area contributed by atoms with E-state index >= 15 is 0 Å². The van der Waals surface area contributed by atoms with Crippen LogP contribution in [-0.2, 0) is 44.5 Å². The molecule has 0 unspecified atom stereocenters. The van der Waals surface area contributed by atoms with Crippen molar-refractivity contribution in [2.75, 3.05) is 106 Å². The molecule has 0 fully saturated rings. The third kappa shape index (κ3) is 13.6. The van der Waals surface area contributed by atoms with E-state index in [1.54, 1.807) is 0 Å². The second-order valence-corrected chi connectivity index (χ2v) is 12.9. The highest BCUT2D eigenvalue weighted by Gasteiger charge is 2.29. The van der Waals surface area contributed by atoms with Gasteiger partial charge in [0.1, 0.15) is 17.4 Å². The van der Waals surface area contributed by atoms with Gasteiger partial charge in [-0.3, -0.25) is 19.1 Å². The maximum atomic E-state index is 13.3. The molecule has 0 radical (unpaired) electrons. The summed E-state index contributed by atoms with van der Waals surface area (Å²) in [5.74, 6) is 1.22. The van der Waals surface area contributed by atoms with Crippen molar-refractivity contribution in [1.82, 2.24) is 25.4 Å². The third-order valence-electron chi connectivity index (χ3n) is 7.55. The van der Waals surface area contributed by atoms with E-state index < -0.39 is 0 Å². The zero-order chi connectivity index (χ0) is 37.0. The topological polar surface area (TPSA) is 166 Å². The van der Waals surface area contributed by atoms with E-state index in [0.717, 1.165) is 39.1 Å². The predicted octanol–water partition coefficient (Wildman–Crippen LogP) is 2.93. The number of thiophene rings is 1. The standard InChI is InChI=1S/C35H49ClN6O9S/c1-25-31-32(28-4-6-29(36)7-5-28)39-24-30-41-40-26(2)42(30)35(31)52-33(25)34(44)38-9-11-46-13-15-48-17-19-50-21-23-51-22-20-49-18-16-47-14-12-45-10-8-37-27(3)43/h4-7H,8-24H2,1-3H3,(H,37,43)(H,38,44). The number of aliphatic imine (C=N–C) groups is 1. The molecule has 17 heteroatoms. The zero-order valence-corrected chi connectivity index (χ0v) is 31.7. The number of rotatable bonds is 26. The lowest BCUT2D eigenvalue weighted by molar-refractivity contribution is -0.119. The number of carbonyl (C=O) groups excluding carboxylic acids is 2. The summed E-state index contributed by atoms with van der Waals surface area (Å²) in [6, 6.07) is 7.54. The van der Waals surface area contributed by atoms with Gasteiger partial charge >= 0.3 is 0 Å². The first-order valence-electron chi connectivity index (χ1n) is 17.3. The molecule has 3 heterocycles. The van der Waals surface area contributed by atoms with Crippen LogP contribution in [0.1, 0.15) is 44.9 Å². The molecule has 3 aromatic rings. The molecule has 0 saturated carbocycles. The smallest absolute Gasteiger partial charge is 0.261 e. The number of nitrogens with zero attached hydrogens (tertiary/aromatic N) is 4. The van der Waals surface area contributed by atoms with Crippen molar-refractivity contribution in [2.45, 2.75) is 27.3 Å². The second-order valence-electron chi connectivity index (χ2n) is 11.4. The van der Waals surface area contributed by atoms with Crippen LogP contribution in [0.4, 0.5) is 0 Å². The minimum Gasteiger partial charge on any atom is -0.377 e. The molecule has 2 aromatic heterocycles.